The first-order valence-electron chi connectivity index (χ1n) is 28.7. The van der Waals surface area contributed by atoms with E-state index in [1.165, 1.54) is 180 Å². The van der Waals surface area contributed by atoms with E-state index in [1.54, 1.807) is 0 Å². The fourth-order valence-corrected chi connectivity index (χ4v) is 9.82. The minimum absolute atomic E-state index is 0.234. The molecule has 0 aliphatic carbocycles. The normalized spacial score (nSPS) is 19.8. The smallest absolute Gasteiger partial charge is 0.394 e. The lowest BCUT2D eigenvalue weighted by atomic mass is 9.99. The van der Waals surface area contributed by atoms with Gasteiger partial charge < -0.3 is 35.2 Å². The SMILES string of the molecule is CCCCCCCCCCC/C=C\C/C=C\CCCCCCCCCC(=O)NC(COC1OC(CO)C(O)C(OS(=O)(=O)O)C1O)C(O)CCCCCCCCCCCCCCCCCCCCC. The summed E-state index contributed by atoms with van der Waals surface area (Å²) in [4.78, 5) is 13.1. The summed E-state index contributed by atoms with van der Waals surface area (Å²) in [6.07, 6.45) is 47.5. The highest BCUT2D eigenvalue weighted by Gasteiger charge is 2.48. The Bertz CT molecular complexity index is 1320. The maximum Gasteiger partial charge on any atom is 0.397 e. The van der Waals surface area contributed by atoms with E-state index < -0.39 is 59.9 Å². The van der Waals surface area contributed by atoms with Crippen LogP contribution >= 0.6 is 0 Å². The van der Waals surface area contributed by atoms with Crippen LogP contribution in [0.5, 0.6) is 0 Å². The number of amides is 1. The van der Waals surface area contributed by atoms with Gasteiger partial charge in [-0.2, -0.15) is 8.42 Å². The van der Waals surface area contributed by atoms with Crippen molar-refractivity contribution in [2.45, 2.75) is 314 Å². The molecule has 7 unspecified atom stereocenters. The first-order valence-corrected chi connectivity index (χ1v) is 30.1. The third kappa shape index (κ3) is 38.8. The zero-order valence-electron chi connectivity index (χ0n) is 44.1. The van der Waals surface area contributed by atoms with Crippen molar-refractivity contribution < 1.29 is 51.8 Å². The Balaban J connectivity index is 2.37. The minimum atomic E-state index is -5.08. The molecule has 0 spiro atoms. The predicted molar refractivity (Wildman–Crippen MR) is 282 cm³/mol. The van der Waals surface area contributed by atoms with Gasteiger partial charge >= 0.3 is 10.4 Å². The summed E-state index contributed by atoms with van der Waals surface area (Å²) in [6, 6.07) is -0.862. The van der Waals surface area contributed by atoms with Gasteiger partial charge in [-0.3, -0.25) is 9.35 Å². The van der Waals surface area contributed by atoms with Gasteiger partial charge in [0.2, 0.25) is 5.91 Å². The van der Waals surface area contributed by atoms with E-state index >= 15 is 0 Å². The van der Waals surface area contributed by atoms with Gasteiger partial charge in [0.1, 0.15) is 24.4 Å². The molecular formula is C56H107NO11S. The van der Waals surface area contributed by atoms with Crippen molar-refractivity contribution in [3.05, 3.63) is 24.3 Å². The first-order chi connectivity index (χ1) is 33.5. The maximum atomic E-state index is 13.1. The van der Waals surface area contributed by atoms with Gasteiger partial charge in [0, 0.05) is 6.42 Å². The molecule has 0 radical (unpaired) electrons. The van der Waals surface area contributed by atoms with Crippen molar-refractivity contribution >= 4 is 16.3 Å². The Morgan fingerprint density at radius 3 is 1.38 bits per heavy atom. The van der Waals surface area contributed by atoms with Crippen molar-refractivity contribution in [1.29, 1.82) is 0 Å². The van der Waals surface area contributed by atoms with E-state index in [1.807, 2.05) is 0 Å². The number of hydrogen-bond donors (Lipinski definition) is 6. The molecule has 7 atom stereocenters. The van der Waals surface area contributed by atoms with Crippen LogP contribution in [0, 0.1) is 0 Å². The fraction of sp³-hybridized carbons (Fsp3) is 0.911. The second kappa shape index (κ2) is 46.4. The molecule has 0 aromatic carbocycles. The van der Waals surface area contributed by atoms with Crippen LogP contribution in [0.25, 0.3) is 0 Å². The molecule has 69 heavy (non-hydrogen) atoms. The Kier molecular flexibility index (Phi) is 44.1. The van der Waals surface area contributed by atoms with Crippen LogP contribution in [0.2, 0.25) is 0 Å². The van der Waals surface area contributed by atoms with E-state index in [0.717, 1.165) is 57.8 Å². The summed E-state index contributed by atoms with van der Waals surface area (Å²) in [7, 11) is -5.08. The molecule has 12 nitrogen and oxygen atoms in total. The van der Waals surface area contributed by atoms with Crippen molar-refractivity contribution in [2.24, 2.45) is 0 Å². The summed E-state index contributed by atoms with van der Waals surface area (Å²) < 4.78 is 47.9. The summed E-state index contributed by atoms with van der Waals surface area (Å²) in [5, 5.41) is 45.1. The second-order valence-corrected chi connectivity index (χ2v) is 21.3. The molecule has 0 bridgehead atoms. The topological polar surface area (TPSA) is 192 Å². The molecule has 1 aliphatic rings. The molecule has 1 saturated heterocycles. The Morgan fingerprint density at radius 2 is 0.971 bits per heavy atom. The van der Waals surface area contributed by atoms with Gasteiger partial charge in [0.25, 0.3) is 0 Å². The molecular weight excluding hydrogens is 895 g/mol. The lowest BCUT2D eigenvalue weighted by molar-refractivity contribution is -0.298. The van der Waals surface area contributed by atoms with Crippen LogP contribution in [0.3, 0.4) is 0 Å². The molecule has 1 heterocycles. The van der Waals surface area contributed by atoms with Crippen molar-refractivity contribution in [2.75, 3.05) is 13.2 Å². The summed E-state index contributed by atoms with van der Waals surface area (Å²) in [5.74, 6) is -0.234. The zero-order chi connectivity index (χ0) is 50.5. The van der Waals surface area contributed by atoms with Crippen LogP contribution in [0.15, 0.2) is 24.3 Å². The highest BCUT2D eigenvalue weighted by atomic mass is 32.3. The van der Waals surface area contributed by atoms with E-state index in [0.29, 0.717) is 12.8 Å². The number of nitrogens with one attached hydrogen (secondary N) is 1. The van der Waals surface area contributed by atoms with Crippen LogP contribution in [0.1, 0.15) is 271 Å². The van der Waals surface area contributed by atoms with Crippen molar-refractivity contribution in [3.8, 4) is 0 Å². The average Bonchev–Trinajstić information content (AvgIpc) is 3.32. The van der Waals surface area contributed by atoms with Crippen LogP contribution < -0.4 is 5.32 Å². The lowest BCUT2D eigenvalue weighted by Crippen LogP contribution is -2.61. The van der Waals surface area contributed by atoms with E-state index in [9.17, 15) is 38.2 Å². The summed E-state index contributed by atoms with van der Waals surface area (Å²) in [6.45, 7) is 3.48. The summed E-state index contributed by atoms with van der Waals surface area (Å²) >= 11 is 0. The second-order valence-electron chi connectivity index (χ2n) is 20.2. The highest BCUT2D eigenvalue weighted by molar-refractivity contribution is 7.80. The Labute approximate surface area is 422 Å². The quantitative estimate of drug-likeness (QED) is 0.0193. The van der Waals surface area contributed by atoms with Gasteiger partial charge in [-0.1, -0.05) is 244 Å². The largest absolute Gasteiger partial charge is 0.397 e. The number of carbonyl (C=O) groups is 1. The molecule has 0 aromatic heterocycles. The number of unbranched alkanes of at least 4 members (excludes halogenated alkanes) is 34. The van der Waals surface area contributed by atoms with Crippen molar-refractivity contribution in [3.63, 3.8) is 0 Å². The molecule has 1 amide bonds. The van der Waals surface area contributed by atoms with Gasteiger partial charge in [-0.05, 0) is 44.9 Å². The molecule has 0 saturated carbocycles. The number of hydrogen-bond acceptors (Lipinski definition) is 10. The maximum absolute atomic E-state index is 13.1. The summed E-state index contributed by atoms with van der Waals surface area (Å²) in [5.41, 5.74) is 0. The number of allylic oxidation sites excluding steroid dienone is 4. The van der Waals surface area contributed by atoms with Gasteiger partial charge in [0.05, 0.1) is 25.4 Å². The molecule has 1 rings (SSSR count). The van der Waals surface area contributed by atoms with Gasteiger partial charge in [-0.15, -0.1) is 0 Å². The average molecular weight is 1000 g/mol. The standard InChI is InChI=1S/C56H107NO11S/c1-3-5-7-9-11-13-15-17-19-21-23-24-25-26-28-30-32-34-36-38-40-42-44-46-52(60)57-49(48-66-56-54(62)55(68-69(63,64)65)53(61)51(47-58)67-56)50(59)45-43-41-39-37-35-33-31-29-27-22-20-18-16-14-12-10-8-6-4-2/h23-24,26,28,49-51,53-56,58-59,61-62H,3-22,25,27,29-48H2,1-2H3,(H,57,60)(H,63,64,65)/b24-23-,28-26-. The first kappa shape index (κ1) is 65.6. The molecule has 13 heteroatoms. The molecule has 408 valence electrons. The number of carbonyl (C=O) groups excluding carboxylic acids is 1. The molecule has 0 aromatic rings. The van der Waals surface area contributed by atoms with Crippen LogP contribution in [0.4, 0.5) is 0 Å². The van der Waals surface area contributed by atoms with E-state index in [-0.39, 0.29) is 18.9 Å². The lowest BCUT2D eigenvalue weighted by Gasteiger charge is -2.41. The fourth-order valence-electron chi connectivity index (χ4n) is 9.32. The number of aliphatic hydroxyl groups is 4. The third-order valence-corrected chi connectivity index (χ3v) is 14.2. The Morgan fingerprint density at radius 1 is 0.580 bits per heavy atom. The predicted octanol–water partition coefficient (Wildman–Crippen LogP) is 13.2. The minimum Gasteiger partial charge on any atom is -0.394 e. The molecule has 6 N–H and O–H groups in total. The van der Waals surface area contributed by atoms with Gasteiger partial charge in [0.15, 0.2) is 6.29 Å². The number of aliphatic hydroxyl groups excluding tert-OH is 4. The van der Waals surface area contributed by atoms with Gasteiger partial charge in [-0.25, -0.2) is 4.18 Å². The van der Waals surface area contributed by atoms with Crippen LogP contribution in [-0.2, 0) is 28.9 Å². The monoisotopic (exact) mass is 1000 g/mol. The third-order valence-electron chi connectivity index (χ3n) is 13.8. The number of rotatable bonds is 50. The van der Waals surface area contributed by atoms with E-state index in [2.05, 4.69) is 47.7 Å². The van der Waals surface area contributed by atoms with Crippen molar-refractivity contribution in [1.82, 2.24) is 5.32 Å². The molecule has 1 aliphatic heterocycles. The van der Waals surface area contributed by atoms with Crippen LogP contribution in [-0.4, -0.2) is 95.4 Å². The number of ether oxygens (including phenoxy) is 2. The zero-order valence-corrected chi connectivity index (χ0v) is 45.0. The van der Waals surface area contributed by atoms with E-state index in [4.69, 9.17) is 9.47 Å². The highest BCUT2D eigenvalue weighted by Crippen LogP contribution is 2.26. The Hall–Kier alpha value is -1.42. The molecule has 1 fully saturated rings.